The molecule has 1 heterocycles. The lowest BCUT2D eigenvalue weighted by molar-refractivity contribution is -0.122. The van der Waals surface area contributed by atoms with Gasteiger partial charge in [-0.2, -0.15) is 0 Å². The van der Waals surface area contributed by atoms with Crippen LogP contribution in [0.1, 0.15) is 16.8 Å². The molecule has 0 aliphatic carbocycles. The summed E-state index contributed by atoms with van der Waals surface area (Å²) in [4.78, 5) is 37.2. The van der Waals surface area contributed by atoms with E-state index in [1.54, 1.807) is 48.5 Å². The lowest BCUT2D eigenvalue weighted by Crippen LogP contribution is -2.43. The highest BCUT2D eigenvalue weighted by atomic mass is 16.5. The molecule has 1 atom stereocenters. The van der Waals surface area contributed by atoms with E-state index < -0.39 is 23.8 Å². The van der Waals surface area contributed by atoms with Crippen molar-refractivity contribution in [1.82, 2.24) is 5.32 Å². The van der Waals surface area contributed by atoms with E-state index in [1.165, 1.54) is 0 Å². The molecule has 4 rings (SSSR count). The molecule has 0 unspecified atom stereocenters. The fourth-order valence-corrected chi connectivity index (χ4v) is 3.08. The maximum absolute atomic E-state index is 12.4. The van der Waals surface area contributed by atoms with Crippen molar-refractivity contribution in [3.63, 3.8) is 0 Å². The number of anilines is 2. The van der Waals surface area contributed by atoms with Crippen LogP contribution >= 0.6 is 0 Å². The second-order valence-corrected chi connectivity index (χ2v) is 6.75. The first-order chi connectivity index (χ1) is 14.6. The predicted molar refractivity (Wildman–Crippen MR) is 113 cm³/mol. The van der Waals surface area contributed by atoms with Gasteiger partial charge in [0.25, 0.3) is 5.91 Å². The Morgan fingerprint density at radius 2 is 1.53 bits per heavy atom. The van der Waals surface area contributed by atoms with Gasteiger partial charge in [0.15, 0.2) is 0 Å². The molecule has 7 nitrogen and oxygen atoms in total. The number of amides is 3. The number of benzene rings is 3. The first-order valence-electron chi connectivity index (χ1n) is 9.42. The van der Waals surface area contributed by atoms with E-state index in [-0.39, 0.29) is 6.42 Å². The molecule has 7 heteroatoms. The zero-order chi connectivity index (χ0) is 20.9. The molecule has 0 spiro atoms. The fraction of sp³-hybridized carbons (Fsp3) is 0.0870. The summed E-state index contributed by atoms with van der Waals surface area (Å²) in [6.45, 7) is 0. The maximum atomic E-state index is 12.4. The normalized spacial score (nSPS) is 15.3. The zero-order valence-corrected chi connectivity index (χ0v) is 15.9. The van der Waals surface area contributed by atoms with Crippen molar-refractivity contribution in [3.05, 3.63) is 84.4 Å². The highest BCUT2D eigenvalue weighted by Crippen LogP contribution is 2.23. The van der Waals surface area contributed by atoms with Crippen LogP contribution in [0.4, 0.5) is 11.4 Å². The quantitative estimate of drug-likeness (QED) is 0.609. The topological polar surface area (TPSA) is 96.5 Å². The van der Waals surface area contributed by atoms with Gasteiger partial charge >= 0.3 is 0 Å². The molecule has 0 saturated carbocycles. The molecule has 3 aromatic rings. The fourth-order valence-electron chi connectivity index (χ4n) is 3.08. The van der Waals surface area contributed by atoms with E-state index >= 15 is 0 Å². The SMILES string of the molecule is O=C(C[C@@H]1NC(=O)c2ccccc2NC1=O)Nc1ccc(Oc2ccccc2)cc1. The molecular weight excluding hydrogens is 382 g/mol. The van der Waals surface area contributed by atoms with Crippen molar-refractivity contribution in [2.24, 2.45) is 0 Å². The summed E-state index contributed by atoms with van der Waals surface area (Å²) >= 11 is 0. The minimum absolute atomic E-state index is 0.187. The Balaban J connectivity index is 1.36. The van der Waals surface area contributed by atoms with Gasteiger partial charge < -0.3 is 20.7 Å². The highest BCUT2D eigenvalue weighted by molar-refractivity contribution is 6.11. The van der Waals surface area contributed by atoms with E-state index in [0.717, 1.165) is 0 Å². The number of carbonyl (C=O) groups is 3. The second-order valence-electron chi connectivity index (χ2n) is 6.75. The van der Waals surface area contributed by atoms with Gasteiger partial charge in [0.05, 0.1) is 17.7 Å². The van der Waals surface area contributed by atoms with Crippen molar-refractivity contribution in [2.45, 2.75) is 12.5 Å². The maximum Gasteiger partial charge on any atom is 0.254 e. The molecule has 0 fully saturated rings. The summed E-state index contributed by atoms with van der Waals surface area (Å²) < 4.78 is 5.72. The molecule has 3 aromatic carbocycles. The van der Waals surface area contributed by atoms with Gasteiger partial charge in [-0.1, -0.05) is 30.3 Å². The van der Waals surface area contributed by atoms with Crippen LogP contribution in [0.3, 0.4) is 0 Å². The first kappa shape index (κ1) is 19.2. The average molecular weight is 401 g/mol. The Morgan fingerprint density at radius 1 is 0.867 bits per heavy atom. The summed E-state index contributed by atoms with van der Waals surface area (Å²) in [5.41, 5.74) is 1.35. The van der Waals surface area contributed by atoms with Crippen LogP contribution in [0, 0.1) is 0 Å². The number of ether oxygens (including phenoxy) is 1. The first-order valence-corrected chi connectivity index (χ1v) is 9.42. The lowest BCUT2D eigenvalue weighted by Gasteiger charge is -2.14. The van der Waals surface area contributed by atoms with Crippen LogP contribution in [0.2, 0.25) is 0 Å². The molecule has 3 amide bonds. The Hall–Kier alpha value is -4.13. The van der Waals surface area contributed by atoms with Crippen molar-refractivity contribution in [3.8, 4) is 11.5 Å². The largest absolute Gasteiger partial charge is 0.457 e. The van der Waals surface area contributed by atoms with Crippen molar-refractivity contribution in [2.75, 3.05) is 10.6 Å². The average Bonchev–Trinajstić information content (AvgIpc) is 2.86. The predicted octanol–water partition coefficient (Wildman–Crippen LogP) is 3.56. The van der Waals surface area contributed by atoms with Gasteiger partial charge in [-0.25, -0.2) is 0 Å². The van der Waals surface area contributed by atoms with E-state index in [0.29, 0.717) is 28.4 Å². The van der Waals surface area contributed by atoms with Crippen LogP contribution in [0.25, 0.3) is 0 Å². The molecule has 30 heavy (non-hydrogen) atoms. The molecule has 3 N–H and O–H groups in total. The van der Waals surface area contributed by atoms with Crippen LogP contribution in [-0.4, -0.2) is 23.8 Å². The van der Waals surface area contributed by atoms with Gasteiger partial charge in [-0.15, -0.1) is 0 Å². The monoisotopic (exact) mass is 401 g/mol. The molecular formula is C23H19N3O4. The molecule has 0 saturated heterocycles. The standard InChI is InChI=1S/C23H19N3O4/c27-21(14-20-23(29)25-19-9-5-4-8-18(19)22(28)26-20)24-15-10-12-17(13-11-15)30-16-6-2-1-3-7-16/h1-13,20H,14H2,(H,24,27)(H,25,29)(H,26,28)/t20-/m0/s1. The molecule has 0 aromatic heterocycles. The van der Waals surface area contributed by atoms with E-state index in [2.05, 4.69) is 16.0 Å². The van der Waals surface area contributed by atoms with Crippen LogP contribution in [0.15, 0.2) is 78.9 Å². The summed E-state index contributed by atoms with van der Waals surface area (Å²) in [7, 11) is 0. The van der Waals surface area contributed by atoms with Gasteiger partial charge in [0.1, 0.15) is 17.5 Å². The number of hydrogen-bond donors (Lipinski definition) is 3. The van der Waals surface area contributed by atoms with Gasteiger partial charge in [-0.3, -0.25) is 14.4 Å². The Labute approximate surface area is 173 Å². The van der Waals surface area contributed by atoms with Gasteiger partial charge in [-0.05, 0) is 48.5 Å². The number of rotatable bonds is 5. The lowest BCUT2D eigenvalue weighted by atomic mass is 10.1. The van der Waals surface area contributed by atoms with Crippen molar-refractivity contribution < 1.29 is 19.1 Å². The number of nitrogens with one attached hydrogen (secondary N) is 3. The van der Waals surface area contributed by atoms with Crippen molar-refractivity contribution >= 4 is 29.1 Å². The molecule has 1 aliphatic heterocycles. The minimum Gasteiger partial charge on any atom is -0.457 e. The van der Waals surface area contributed by atoms with Gasteiger partial charge in [0.2, 0.25) is 11.8 Å². The molecule has 150 valence electrons. The third kappa shape index (κ3) is 4.47. The van der Waals surface area contributed by atoms with E-state index in [9.17, 15) is 14.4 Å². The number of hydrogen-bond acceptors (Lipinski definition) is 4. The highest BCUT2D eigenvalue weighted by Gasteiger charge is 2.29. The summed E-state index contributed by atoms with van der Waals surface area (Å²) in [5.74, 6) is 0.120. The summed E-state index contributed by atoms with van der Waals surface area (Å²) in [5, 5.41) is 8.02. The number of carbonyl (C=O) groups excluding carboxylic acids is 3. The van der Waals surface area contributed by atoms with Crippen LogP contribution < -0.4 is 20.7 Å². The van der Waals surface area contributed by atoms with E-state index in [4.69, 9.17) is 4.74 Å². The van der Waals surface area contributed by atoms with Crippen LogP contribution in [-0.2, 0) is 9.59 Å². The Morgan fingerprint density at radius 3 is 2.30 bits per heavy atom. The Bertz CT molecular complexity index is 1080. The number of para-hydroxylation sites is 2. The smallest absolute Gasteiger partial charge is 0.254 e. The van der Waals surface area contributed by atoms with E-state index in [1.807, 2.05) is 30.3 Å². The van der Waals surface area contributed by atoms with Crippen LogP contribution in [0.5, 0.6) is 11.5 Å². The third-order valence-corrected chi connectivity index (χ3v) is 4.56. The number of fused-ring (bicyclic) bond motifs is 1. The van der Waals surface area contributed by atoms with Crippen molar-refractivity contribution in [1.29, 1.82) is 0 Å². The third-order valence-electron chi connectivity index (χ3n) is 4.56. The Kier molecular flexibility index (Phi) is 5.43. The second kappa shape index (κ2) is 8.48. The van der Waals surface area contributed by atoms with Gasteiger partial charge in [0, 0.05) is 5.69 Å². The molecule has 0 radical (unpaired) electrons. The molecule has 1 aliphatic rings. The summed E-state index contributed by atoms with van der Waals surface area (Å²) in [6, 6.07) is 22.0. The summed E-state index contributed by atoms with van der Waals surface area (Å²) in [6.07, 6.45) is -0.187. The minimum atomic E-state index is -0.967. The molecule has 0 bridgehead atoms. The zero-order valence-electron chi connectivity index (χ0n) is 15.9.